The van der Waals surface area contributed by atoms with Crippen molar-refractivity contribution in [3.05, 3.63) is 84.3 Å². The zero-order valence-electron chi connectivity index (χ0n) is 13.4. The van der Waals surface area contributed by atoms with Crippen LogP contribution >= 0.6 is 0 Å². The molecule has 0 atom stereocenters. The van der Waals surface area contributed by atoms with Gasteiger partial charge in [-0.05, 0) is 42.9 Å². The molecule has 2 rings (SSSR count). The van der Waals surface area contributed by atoms with Gasteiger partial charge in [-0.3, -0.25) is 0 Å². The molecule has 0 amide bonds. The van der Waals surface area contributed by atoms with Crippen molar-refractivity contribution in [2.24, 2.45) is 0 Å². The fourth-order valence-corrected chi connectivity index (χ4v) is 2.01. The first kappa shape index (κ1) is 17.8. The predicted molar refractivity (Wildman–Crippen MR) is 98.0 cm³/mol. The van der Waals surface area contributed by atoms with Crippen molar-refractivity contribution >= 4 is 20.5 Å². The maximum atomic E-state index is 8.34. The number of aliphatic hydroxyl groups is 1. The molecule has 2 aromatic carbocycles. The zero-order valence-corrected chi connectivity index (χ0v) is 14.4. The Morgan fingerprint density at radius 1 is 0.773 bits per heavy atom. The smallest absolute Gasteiger partial charge is 0.241 e. The first-order chi connectivity index (χ1) is 10.5. The van der Waals surface area contributed by atoms with E-state index in [1.54, 1.807) is 6.08 Å². The summed E-state index contributed by atoms with van der Waals surface area (Å²) in [6.45, 7) is 6.51. The maximum Gasteiger partial charge on any atom is 0.241 e. The van der Waals surface area contributed by atoms with E-state index in [1.807, 2.05) is 60.9 Å². The highest BCUT2D eigenvalue weighted by molar-refractivity contribution is 6.69. The van der Waals surface area contributed by atoms with Crippen molar-refractivity contribution in [3.8, 4) is 0 Å². The van der Waals surface area contributed by atoms with Crippen LogP contribution in [0.1, 0.15) is 11.1 Å². The Labute approximate surface area is 134 Å². The molecule has 116 valence electrons. The Morgan fingerprint density at radius 2 is 1.23 bits per heavy atom. The largest absolute Gasteiger partial charge is 0.550 e. The molecule has 1 N–H and O–H groups in total. The van der Waals surface area contributed by atoms with Crippen LogP contribution in [0.2, 0.25) is 19.6 Å². The Morgan fingerprint density at radius 3 is 1.64 bits per heavy atom. The van der Waals surface area contributed by atoms with Crippen LogP contribution in [-0.4, -0.2) is 13.4 Å². The summed E-state index contributed by atoms with van der Waals surface area (Å²) in [5.74, 6) is 0. The van der Waals surface area contributed by atoms with Crippen LogP contribution in [0.5, 0.6) is 0 Å². The minimum absolute atomic E-state index is 1.01. The molecule has 0 unspecified atom stereocenters. The number of rotatable bonds is 4. The van der Waals surface area contributed by atoms with E-state index in [-0.39, 0.29) is 0 Å². The number of hydrogen-bond donors (Lipinski definition) is 1. The summed E-state index contributed by atoms with van der Waals surface area (Å²) in [6.07, 6.45) is 6.48. The first-order valence-corrected chi connectivity index (χ1v) is 10.7. The molecule has 0 aliphatic rings. The molecule has 0 aromatic heterocycles. The van der Waals surface area contributed by atoms with Gasteiger partial charge in [0.25, 0.3) is 0 Å². The van der Waals surface area contributed by atoms with Crippen molar-refractivity contribution in [1.82, 2.24) is 0 Å². The summed E-state index contributed by atoms with van der Waals surface area (Å²) in [5, 5.41) is 8.34. The van der Waals surface area contributed by atoms with Gasteiger partial charge in [-0.1, -0.05) is 60.7 Å². The molecule has 0 aliphatic carbocycles. The van der Waals surface area contributed by atoms with E-state index in [9.17, 15) is 0 Å². The lowest BCUT2D eigenvalue weighted by molar-refractivity contribution is 0.478. The third-order valence-electron chi connectivity index (χ3n) is 2.55. The van der Waals surface area contributed by atoms with Gasteiger partial charge in [0.15, 0.2) is 0 Å². The van der Waals surface area contributed by atoms with Crippen LogP contribution in [0.3, 0.4) is 0 Å². The minimum Gasteiger partial charge on any atom is -0.550 e. The second kappa shape index (κ2) is 9.63. The average Bonchev–Trinajstić information content (AvgIpc) is 2.49. The Bertz CT molecular complexity index is 569. The van der Waals surface area contributed by atoms with Gasteiger partial charge in [0.1, 0.15) is 0 Å². The minimum atomic E-state index is -1.40. The summed E-state index contributed by atoms with van der Waals surface area (Å²) in [7, 11) is -1.40. The van der Waals surface area contributed by atoms with Crippen LogP contribution in [0.25, 0.3) is 12.2 Å². The van der Waals surface area contributed by atoms with Crippen LogP contribution < -0.4 is 0 Å². The third kappa shape index (κ3) is 8.82. The quantitative estimate of drug-likeness (QED) is 0.577. The number of hydrogen-bond acceptors (Lipinski definition) is 2. The molecule has 0 heterocycles. The fraction of sp³-hybridized carbons (Fsp3) is 0.158. The van der Waals surface area contributed by atoms with E-state index in [0.717, 1.165) is 11.8 Å². The molecule has 0 saturated heterocycles. The molecule has 2 aromatic rings. The fourth-order valence-electron chi connectivity index (χ4n) is 1.53. The van der Waals surface area contributed by atoms with E-state index in [2.05, 4.69) is 31.8 Å². The van der Waals surface area contributed by atoms with Gasteiger partial charge < -0.3 is 9.53 Å². The Balaban J connectivity index is 0.000000235. The van der Waals surface area contributed by atoms with Crippen molar-refractivity contribution in [1.29, 1.82) is 0 Å². The normalized spacial score (nSPS) is 11.2. The van der Waals surface area contributed by atoms with E-state index in [4.69, 9.17) is 9.53 Å². The van der Waals surface area contributed by atoms with Gasteiger partial charge in [-0.15, -0.1) is 0 Å². The summed E-state index contributed by atoms with van der Waals surface area (Å²) < 4.78 is 5.59. The second-order valence-electron chi connectivity index (χ2n) is 5.67. The zero-order chi connectivity index (χ0) is 16.3. The Kier molecular flexibility index (Phi) is 7.79. The van der Waals surface area contributed by atoms with E-state index in [1.165, 1.54) is 5.56 Å². The van der Waals surface area contributed by atoms with Crippen molar-refractivity contribution in [3.63, 3.8) is 0 Å². The molecule has 0 aliphatic heterocycles. The highest BCUT2D eigenvalue weighted by Gasteiger charge is 2.12. The molecule has 22 heavy (non-hydrogen) atoms. The summed E-state index contributed by atoms with van der Waals surface area (Å²) >= 11 is 0. The van der Waals surface area contributed by atoms with Crippen molar-refractivity contribution < 1.29 is 9.53 Å². The molecule has 0 saturated carbocycles. The molecule has 2 nitrogen and oxygen atoms in total. The van der Waals surface area contributed by atoms with Gasteiger partial charge in [0, 0.05) is 0 Å². The van der Waals surface area contributed by atoms with E-state index < -0.39 is 8.32 Å². The van der Waals surface area contributed by atoms with Gasteiger partial charge in [0.05, 0.1) is 12.5 Å². The number of aliphatic hydroxyl groups excluding tert-OH is 1. The van der Waals surface area contributed by atoms with Crippen molar-refractivity contribution in [2.75, 3.05) is 0 Å². The van der Waals surface area contributed by atoms with Gasteiger partial charge in [0.2, 0.25) is 8.32 Å². The van der Waals surface area contributed by atoms with Crippen LogP contribution in [0, 0.1) is 0 Å². The van der Waals surface area contributed by atoms with Crippen LogP contribution in [0.15, 0.2) is 73.2 Å². The van der Waals surface area contributed by atoms with Gasteiger partial charge in [-0.25, -0.2) is 0 Å². The standard InChI is InChI=1S/C11H16OSi.C8H8O/c1-13(2,3)12-10-9-11-7-5-4-6-8-11;9-7-6-8-4-2-1-3-5-8/h4-10H,1-3H3;1-7,9H. The molecular formula is C19H24O2Si. The monoisotopic (exact) mass is 312 g/mol. The summed E-state index contributed by atoms with van der Waals surface area (Å²) in [4.78, 5) is 0. The molecule has 0 bridgehead atoms. The maximum absolute atomic E-state index is 8.34. The van der Waals surface area contributed by atoms with Crippen LogP contribution in [0.4, 0.5) is 0 Å². The first-order valence-electron chi connectivity index (χ1n) is 7.26. The topological polar surface area (TPSA) is 29.5 Å². The van der Waals surface area contributed by atoms with Gasteiger partial charge >= 0.3 is 0 Å². The lowest BCUT2D eigenvalue weighted by Crippen LogP contribution is -2.21. The van der Waals surface area contributed by atoms with E-state index in [0.29, 0.717) is 0 Å². The highest BCUT2D eigenvalue weighted by atomic mass is 28.4. The average molecular weight is 312 g/mol. The predicted octanol–water partition coefficient (Wildman–Crippen LogP) is 5.72. The lowest BCUT2D eigenvalue weighted by atomic mass is 10.2. The molecule has 0 fully saturated rings. The Hall–Kier alpha value is -2.26. The second-order valence-corrected chi connectivity index (χ2v) is 10.1. The highest BCUT2D eigenvalue weighted by Crippen LogP contribution is 2.06. The molecule has 0 spiro atoms. The summed E-state index contributed by atoms with van der Waals surface area (Å²) in [5.41, 5.74) is 2.20. The van der Waals surface area contributed by atoms with Gasteiger partial charge in [-0.2, -0.15) is 0 Å². The SMILES string of the molecule is C[Si](C)(C)OC=Cc1ccccc1.OC=Cc1ccccc1. The molecule has 0 radical (unpaired) electrons. The number of benzene rings is 2. The summed E-state index contributed by atoms with van der Waals surface area (Å²) in [6, 6.07) is 19.8. The lowest BCUT2D eigenvalue weighted by Gasteiger charge is -2.14. The van der Waals surface area contributed by atoms with Crippen molar-refractivity contribution in [2.45, 2.75) is 19.6 Å². The van der Waals surface area contributed by atoms with E-state index >= 15 is 0 Å². The molecular weight excluding hydrogens is 288 g/mol. The molecule has 3 heteroatoms. The third-order valence-corrected chi connectivity index (χ3v) is 3.39. The van der Waals surface area contributed by atoms with Crippen LogP contribution in [-0.2, 0) is 4.43 Å².